The monoisotopic (exact) mass is 247 g/mol. The molecule has 0 radical (unpaired) electrons. The van der Waals surface area contributed by atoms with Gasteiger partial charge in [-0.2, -0.15) is 5.10 Å². The van der Waals surface area contributed by atoms with Crippen molar-refractivity contribution in [3.8, 4) is 11.3 Å². The molecule has 0 amide bonds. The van der Waals surface area contributed by atoms with Crippen LogP contribution in [0.1, 0.15) is 18.4 Å². The van der Waals surface area contributed by atoms with E-state index in [1.807, 2.05) is 24.3 Å². The molecule has 1 heterocycles. The number of halogens is 1. The Morgan fingerprint density at radius 3 is 2.94 bits per heavy atom. The highest BCUT2D eigenvalue weighted by Gasteiger charge is 2.23. The fourth-order valence-corrected chi connectivity index (χ4v) is 2.07. The third-order valence-corrected chi connectivity index (χ3v) is 3.28. The molecule has 1 saturated carbocycles. The minimum atomic E-state index is 0.615. The van der Waals surface area contributed by atoms with E-state index < -0.39 is 0 Å². The van der Waals surface area contributed by atoms with Gasteiger partial charge in [-0.05, 0) is 31.9 Å². The van der Waals surface area contributed by atoms with Crippen LogP contribution in [0.3, 0.4) is 0 Å². The zero-order valence-corrected chi connectivity index (χ0v) is 10.4. The molecule has 1 aromatic carbocycles. The Bertz CT molecular complexity index is 543. The maximum atomic E-state index is 6.00. The lowest BCUT2D eigenvalue weighted by atomic mass is 10.1. The lowest BCUT2D eigenvalue weighted by Gasteiger charge is -2.02. The third kappa shape index (κ3) is 2.15. The average Bonchev–Trinajstić information content (AvgIpc) is 3.04. The number of aromatic amines is 1. The van der Waals surface area contributed by atoms with Crippen molar-refractivity contribution in [2.75, 3.05) is 5.32 Å². The first-order chi connectivity index (χ1) is 8.24. The molecular formula is C13H14ClN3. The highest BCUT2D eigenvalue weighted by atomic mass is 35.5. The van der Waals surface area contributed by atoms with Gasteiger partial charge in [-0.15, -0.1) is 0 Å². The Morgan fingerprint density at radius 1 is 1.41 bits per heavy atom. The summed E-state index contributed by atoms with van der Waals surface area (Å²) in [5, 5.41) is 11.6. The summed E-state index contributed by atoms with van der Waals surface area (Å²) in [5.41, 5.74) is 3.26. The molecule has 1 aliphatic carbocycles. The Kier molecular flexibility index (Phi) is 2.56. The number of anilines is 1. The van der Waals surface area contributed by atoms with E-state index in [0.717, 1.165) is 27.7 Å². The lowest BCUT2D eigenvalue weighted by molar-refractivity contribution is 1.05. The van der Waals surface area contributed by atoms with Gasteiger partial charge in [0, 0.05) is 22.2 Å². The highest BCUT2D eigenvalue weighted by molar-refractivity contribution is 6.30. The van der Waals surface area contributed by atoms with Gasteiger partial charge in [0.1, 0.15) is 0 Å². The van der Waals surface area contributed by atoms with E-state index in [-0.39, 0.29) is 0 Å². The lowest BCUT2D eigenvalue weighted by Crippen LogP contribution is -2.02. The standard InChI is InChI=1S/C13H14ClN3/c1-8-12(9-3-2-4-10(14)7-9)16-17-13(8)15-11-5-6-11/h2-4,7,11H,5-6H2,1H3,(H2,15,16,17). The number of nitrogens with zero attached hydrogens (tertiary/aromatic N) is 1. The van der Waals surface area contributed by atoms with Gasteiger partial charge in [0.05, 0.1) is 5.69 Å². The number of aromatic nitrogens is 2. The van der Waals surface area contributed by atoms with Crippen LogP contribution in [-0.4, -0.2) is 16.2 Å². The van der Waals surface area contributed by atoms with Crippen LogP contribution in [0.5, 0.6) is 0 Å². The van der Waals surface area contributed by atoms with Crippen LogP contribution in [0.4, 0.5) is 5.82 Å². The van der Waals surface area contributed by atoms with Crippen LogP contribution in [0, 0.1) is 6.92 Å². The Hall–Kier alpha value is -1.48. The van der Waals surface area contributed by atoms with Crippen molar-refractivity contribution in [1.82, 2.24) is 10.2 Å². The fourth-order valence-electron chi connectivity index (χ4n) is 1.88. The predicted octanol–water partition coefficient (Wildman–Crippen LogP) is 3.61. The van der Waals surface area contributed by atoms with E-state index >= 15 is 0 Å². The van der Waals surface area contributed by atoms with Crippen LogP contribution in [0.25, 0.3) is 11.3 Å². The highest BCUT2D eigenvalue weighted by Crippen LogP contribution is 2.30. The zero-order chi connectivity index (χ0) is 11.8. The number of hydrogen-bond donors (Lipinski definition) is 2. The Morgan fingerprint density at radius 2 is 2.24 bits per heavy atom. The van der Waals surface area contributed by atoms with Gasteiger partial charge < -0.3 is 5.32 Å². The van der Waals surface area contributed by atoms with E-state index in [2.05, 4.69) is 22.4 Å². The predicted molar refractivity (Wildman–Crippen MR) is 70.4 cm³/mol. The maximum Gasteiger partial charge on any atom is 0.151 e. The molecule has 1 aromatic heterocycles. The number of rotatable bonds is 3. The minimum Gasteiger partial charge on any atom is -0.366 e. The zero-order valence-electron chi connectivity index (χ0n) is 9.63. The summed E-state index contributed by atoms with van der Waals surface area (Å²) < 4.78 is 0. The number of nitrogens with one attached hydrogen (secondary N) is 2. The second-order valence-electron chi connectivity index (χ2n) is 4.50. The van der Waals surface area contributed by atoms with Crippen LogP contribution in [-0.2, 0) is 0 Å². The first-order valence-corrected chi connectivity index (χ1v) is 6.19. The second-order valence-corrected chi connectivity index (χ2v) is 4.94. The van der Waals surface area contributed by atoms with Gasteiger partial charge in [0.15, 0.2) is 5.82 Å². The molecule has 0 spiro atoms. The van der Waals surface area contributed by atoms with Crippen molar-refractivity contribution < 1.29 is 0 Å². The van der Waals surface area contributed by atoms with E-state index in [9.17, 15) is 0 Å². The quantitative estimate of drug-likeness (QED) is 0.870. The van der Waals surface area contributed by atoms with E-state index in [0.29, 0.717) is 6.04 Å². The Labute approximate surface area is 105 Å². The molecule has 0 unspecified atom stereocenters. The normalized spacial score (nSPS) is 14.9. The summed E-state index contributed by atoms with van der Waals surface area (Å²) in [6, 6.07) is 8.42. The van der Waals surface area contributed by atoms with Crippen molar-refractivity contribution in [2.45, 2.75) is 25.8 Å². The second kappa shape index (κ2) is 4.08. The topological polar surface area (TPSA) is 40.7 Å². The van der Waals surface area contributed by atoms with Crippen molar-refractivity contribution >= 4 is 17.4 Å². The summed E-state index contributed by atoms with van der Waals surface area (Å²) in [6.07, 6.45) is 2.50. The number of hydrogen-bond acceptors (Lipinski definition) is 2. The largest absolute Gasteiger partial charge is 0.366 e. The maximum absolute atomic E-state index is 6.00. The van der Waals surface area contributed by atoms with Gasteiger partial charge in [0.25, 0.3) is 0 Å². The average molecular weight is 248 g/mol. The molecule has 0 bridgehead atoms. The molecule has 0 saturated heterocycles. The van der Waals surface area contributed by atoms with Gasteiger partial charge in [-0.25, -0.2) is 0 Å². The van der Waals surface area contributed by atoms with Crippen LogP contribution in [0.2, 0.25) is 5.02 Å². The van der Waals surface area contributed by atoms with Crippen molar-refractivity contribution in [1.29, 1.82) is 0 Å². The molecule has 3 nitrogen and oxygen atoms in total. The molecule has 2 aromatic rings. The first kappa shape index (κ1) is 10.7. The van der Waals surface area contributed by atoms with Crippen molar-refractivity contribution in [2.24, 2.45) is 0 Å². The smallest absolute Gasteiger partial charge is 0.151 e. The van der Waals surface area contributed by atoms with Gasteiger partial charge in [-0.1, -0.05) is 23.7 Å². The van der Waals surface area contributed by atoms with Crippen LogP contribution in [0.15, 0.2) is 24.3 Å². The summed E-state index contributed by atoms with van der Waals surface area (Å²) in [5.74, 6) is 0.961. The van der Waals surface area contributed by atoms with Gasteiger partial charge in [-0.3, -0.25) is 5.10 Å². The SMILES string of the molecule is Cc1c(NC2CC2)n[nH]c1-c1cccc(Cl)c1. The Balaban J connectivity index is 1.94. The third-order valence-electron chi connectivity index (χ3n) is 3.04. The van der Waals surface area contributed by atoms with E-state index in [4.69, 9.17) is 11.6 Å². The molecule has 3 rings (SSSR count). The molecule has 2 N–H and O–H groups in total. The van der Waals surface area contributed by atoms with Gasteiger partial charge >= 0.3 is 0 Å². The molecule has 0 atom stereocenters. The molecule has 88 valence electrons. The number of H-pyrrole nitrogens is 1. The number of benzene rings is 1. The molecule has 0 aliphatic heterocycles. The molecule has 1 aliphatic rings. The summed E-state index contributed by atoms with van der Waals surface area (Å²) in [7, 11) is 0. The van der Waals surface area contributed by atoms with Crippen LogP contribution < -0.4 is 5.32 Å². The molecule has 1 fully saturated rings. The molecular weight excluding hydrogens is 234 g/mol. The van der Waals surface area contributed by atoms with Crippen LogP contribution >= 0.6 is 11.6 Å². The van der Waals surface area contributed by atoms with E-state index in [1.54, 1.807) is 0 Å². The van der Waals surface area contributed by atoms with Gasteiger partial charge in [0.2, 0.25) is 0 Å². The summed E-state index contributed by atoms with van der Waals surface area (Å²) in [6.45, 7) is 2.07. The summed E-state index contributed by atoms with van der Waals surface area (Å²) in [4.78, 5) is 0. The van der Waals surface area contributed by atoms with Crippen molar-refractivity contribution in [3.05, 3.63) is 34.9 Å². The summed E-state index contributed by atoms with van der Waals surface area (Å²) >= 11 is 6.00. The van der Waals surface area contributed by atoms with E-state index in [1.165, 1.54) is 12.8 Å². The molecule has 17 heavy (non-hydrogen) atoms. The van der Waals surface area contributed by atoms with Crippen molar-refractivity contribution in [3.63, 3.8) is 0 Å². The first-order valence-electron chi connectivity index (χ1n) is 5.81. The minimum absolute atomic E-state index is 0.615. The fraction of sp³-hybridized carbons (Fsp3) is 0.308. The molecule has 4 heteroatoms.